The zero-order valence-electron chi connectivity index (χ0n) is 15.1. The van der Waals surface area contributed by atoms with Gasteiger partial charge in [0.2, 0.25) is 5.89 Å². The van der Waals surface area contributed by atoms with Gasteiger partial charge in [-0.3, -0.25) is 0 Å². The van der Waals surface area contributed by atoms with Crippen molar-refractivity contribution in [3.05, 3.63) is 54.1 Å². The highest BCUT2D eigenvalue weighted by Crippen LogP contribution is 2.34. The Morgan fingerprint density at radius 2 is 1.86 bits per heavy atom. The number of ether oxygens (including phenoxy) is 2. The second kappa shape index (κ2) is 8.37. The number of alkyl halides is 4. The summed E-state index contributed by atoms with van der Waals surface area (Å²) in [4.78, 5) is 6.42. The van der Waals surface area contributed by atoms with Crippen molar-refractivity contribution >= 4 is 0 Å². The van der Waals surface area contributed by atoms with Crippen molar-refractivity contribution in [1.29, 1.82) is 0 Å². The van der Waals surface area contributed by atoms with Crippen LogP contribution in [0.2, 0.25) is 0 Å². The molecule has 0 aliphatic carbocycles. The minimum absolute atomic E-state index is 0.151. The maximum absolute atomic E-state index is 12.6. The van der Waals surface area contributed by atoms with Crippen LogP contribution in [0.25, 0.3) is 11.5 Å². The lowest BCUT2D eigenvalue weighted by molar-refractivity contribution is -0.0692. The van der Waals surface area contributed by atoms with E-state index in [1.54, 1.807) is 0 Å². The molecule has 1 aromatic heterocycles. The third kappa shape index (κ3) is 4.65. The van der Waals surface area contributed by atoms with Gasteiger partial charge >= 0.3 is 13.2 Å². The Balaban J connectivity index is 1.80. The first kappa shape index (κ1) is 19.8. The monoisotopic (exact) mass is 398 g/mol. The number of allylic oxidation sites excluding steroid dienone is 2. The Labute approximate surface area is 158 Å². The zero-order chi connectivity index (χ0) is 20.3. The second-order valence-corrected chi connectivity index (χ2v) is 6.16. The van der Waals surface area contributed by atoms with Gasteiger partial charge in [0.15, 0.2) is 11.5 Å². The van der Waals surface area contributed by atoms with Crippen LogP contribution in [0.5, 0.6) is 11.5 Å². The standard InChI is InChI=1S/C19H18F4N2O3/c1-11-4-3-7-25(12(11)2)9-14-10-26-17(24-14)13-5-6-15(27-18(20)21)16(8-13)28-19(22)23/h3-8,10,12,18-19H,9H2,1-2H3. The maximum atomic E-state index is 12.6. The first-order valence-electron chi connectivity index (χ1n) is 8.42. The molecule has 0 fully saturated rings. The molecule has 150 valence electrons. The number of hydrogen-bond donors (Lipinski definition) is 0. The highest BCUT2D eigenvalue weighted by Gasteiger charge is 2.19. The van der Waals surface area contributed by atoms with Crippen molar-refractivity contribution in [3.8, 4) is 23.0 Å². The topological polar surface area (TPSA) is 47.7 Å². The van der Waals surface area contributed by atoms with Crippen LogP contribution in [-0.2, 0) is 6.54 Å². The fourth-order valence-corrected chi connectivity index (χ4v) is 2.75. The number of aromatic nitrogens is 1. The molecule has 1 aliphatic heterocycles. The summed E-state index contributed by atoms with van der Waals surface area (Å²) in [6.45, 7) is -1.79. The first-order chi connectivity index (χ1) is 13.3. The summed E-state index contributed by atoms with van der Waals surface area (Å²) < 4.78 is 63.9. The summed E-state index contributed by atoms with van der Waals surface area (Å²) in [6.07, 6.45) is 7.37. The van der Waals surface area contributed by atoms with E-state index >= 15 is 0 Å². The maximum Gasteiger partial charge on any atom is 0.387 e. The van der Waals surface area contributed by atoms with Gasteiger partial charge in [-0.15, -0.1) is 0 Å². The summed E-state index contributed by atoms with van der Waals surface area (Å²) in [6, 6.07) is 3.80. The molecule has 1 aromatic carbocycles. The third-order valence-corrected chi connectivity index (χ3v) is 4.31. The summed E-state index contributed by atoms with van der Waals surface area (Å²) in [5, 5.41) is 0. The molecular weight excluding hydrogens is 380 g/mol. The van der Waals surface area contributed by atoms with Crippen molar-refractivity contribution in [2.75, 3.05) is 0 Å². The number of rotatable bonds is 7. The van der Waals surface area contributed by atoms with Crippen LogP contribution in [0.4, 0.5) is 17.6 Å². The lowest BCUT2D eigenvalue weighted by atomic mass is 10.1. The average molecular weight is 398 g/mol. The van der Waals surface area contributed by atoms with Crippen molar-refractivity contribution in [3.63, 3.8) is 0 Å². The van der Waals surface area contributed by atoms with E-state index in [0.717, 1.165) is 12.1 Å². The summed E-state index contributed by atoms with van der Waals surface area (Å²) >= 11 is 0. The number of nitrogens with zero attached hydrogens (tertiary/aromatic N) is 2. The number of halogens is 4. The Kier molecular flexibility index (Phi) is 5.91. The molecular formula is C19H18F4N2O3. The molecule has 2 heterocycles. The van der Waals surface area contributed by atoms with Gasteiger partial charge < -0.3 is 18.8 Å². The number of oxazole rings is 1. The van der Waals surface area contributed by atoms with E-state index in [2.05, 4.69) is 26.3 Å². The van der Waals surface area contributed by atoms with Gasteiger partial charge in [-0.2, -0.15) is 17.6 Å². The highest BCUT2D eigenvalue weighted by molar-refractivity contribution is 5.60. The molecule has 5 nitrogen and oxygen atoms in total. The van der Waals surface area contributed by atoms with E-state index in [9.17, 15) is 17.6 Å². The minimum Gasteiger partial charge on any atom is -0.444 e. The molecule has 0 saturated carbocycles. The van der Waals surface area contributed by atoms with Crippen molar-refractivity contribution < 1.29 is 31.5 Å². The average Bonchev–Trinajstić information content (AvgIpc) is 3.08. The molecule has 0 bridgehead atoms. The fraction of sp³-hybridized carbons (Fsp3) is 0.316. The van der Waals surface area contributed by atoms with Gasteiger partial charge in [-0.05, 0) is 38.1 Å². The molecule has 0 radical (unpaired) electrons. The lowest BCUT2D eigenvalue weighted by Crippen LogP contribution is -2.30. The third-order valence-electron chi connectivity index (χ3n) is 4.31. The predicted octanol–water partition coefficient (Wildman–Crippen LogP) is 5.21. The normalized spacial score (nSPS) is 16.6. The van der Waals surface area contributed by atoms with Crippen LogP contribution in [0, 0.1) is 0 Å². The van der Waals surface area contributed by atoms with Crippen molar-refractivity contribution in [1.82, 2.24) is 9.88 Å². The van der Waals surface area contributed by atoms with Gasteiger partial charge in [0.25, 0.3) is 0 Å². The van der Waals surface area contributed by atoms with E-state index < -0.39 is 24.7 Å². The lowest BCUT2D eigenvalue weighted by Gasteiger charge is -2.30. The van der Waals surface area contributed by atoms with Crippen LogP contribution in [0.3, 0.4) is 0 Å². The van der Waals surface area contributed by atoms with Gasteiger partial charge in [0.1, 0.15) is 6.26 Å². The van der Waals surface area contributed by atoms with Gasteiger partial charge in [-0.25, -0.2) is 4.98 Å². The van der Waals surface area contributed by atoms with E-state index in [-0.39, 0.29) is 11.9 Å². The zero-order valence-corrected chi connectivity index (χ0v) is 15.1. The minimum atomic E-state index is -3.20. The van der Waals surface area contributed by atoms with Crippen molar-refractivity contribution in [2.24, 2.45) is 0 Å². The SMILES string of the molecule is CC1=CC=CN(Cc2coc(-c3ccc(OC(F)F)c(OC(F)F)c3)n2)C1C. The Morgan fingerprint density at radius 1 is 1.14 bits per heavy atom. The molecule has 9 heteroatoms. The highest BCUT2D eigenvalue weighted by atomic mass is 19.3. The molecule has 28 heavy (non-hydrogen) atoms. The summed E-state index contributed by atoms with van der Waals surface area (Å²) in [5.41, 5.74) is 2.13. The Bertz CT molecular complexity index is 880. The van der Waals surface area contributed by atoms with E-state index in [0.29, 0.717) is 17.8 Å². The summed E-state index contributed by atoms with van der Waals surface area (Å²) in [5.74, 6) is -0.875. The summed E-state index contributed by atoms with van der Waals surface area (Å²) in [7, 11) is 0. The van der Waals surface area contributed by atoms with Crippen LogP contribution in [0.15, 0.2) is 52.8 Å². The Morgan fingerprint density at radius 3 is 2.57 bits per heavy atom. The van der Waals surface area contributed by atoms with Crippen LogP contribution < -0.4 is 9.47 Å². The molecule has 0 N–H and O–H groups in total. The van der Waals surface area contributed by atoms with Crippen LogP contribution in [0.1, 0.15) is 19.5 Å². The largest absolute Gasteiger partial charge is 0.444 e. The molecule has 1 atom stereocenters. The molecule has 2 aromatic rings. The van der Waals surface area contributed by atoms with E-state index in [1.807, 2.05) is 25.3 Å². The second-order valence-electron chi connectivity index (χ2n) is 6.16. The predicted molar refractivity (Wildman–Crippen MR) is 93.1 cm³/mol. The van der Waals surface area contributed by atoms with E-state index in [4.69, 9.17) is 4.42 Å². The molecule has 1 aliphatic rings. The molecule has 0 spiro atoms. The van der Waals surface area contributed by atoms with E-state index in [1.165, 1.54) is 17.9 Å². The van der Waals surface area contributed by atoms with Gasteiger partial charge in [0.05, 0.1) is 12.2 Å². The molecule has 3 rings (SSSR count). The van der Waals surface area contributed by atoms with Gasteiger partial charge in [0, 0.05) is 17.8 Å². The smallest absolute Gasteiger partial charge is 0.387 e. The van der Waals surface area contributed by atoms with Crippen LogP contribution >= 0.6 is 0 Å². The quantitative estimate of drug-likeness (QED) is 0.600. The first-order valence-corrected chi connectivity index (χ1v) is 8.42. The fourth-order valence-electron chi connectivity index (χ4n) is 2.75. The number of hydrogen-bond acceptors (Lipinski definition) is 5. The van der Waals surface area contributed by atoms with Crippen LogP contribution in [-0.4, -0.2) is 29.1 Å². The number of benzene rings is 1. The molecule has 0 saturated heterocycles. The van der Waals surface area contributed by atoms with Crippen molar-refractivity contribution in [2.45, 2.75) is 39.7 Å². The Hall–Kier alpha value is -2.97. The molecule has 0 amide bonds. The van der Waals surface area contributed by atoms with Gasteiger partial charge in [-0.1, -0.05) is 11.6 Å². The molecule has 1 unspecified atom stereocenters.